The highest BCUT2D eigenvalue weighted by Crippen LogP contribution is 2.25. The number of aromatic nitrogens is 6. The number of hydrogen-bond acceptors (Lipinski definition) is 7. The van der Waals surface area contributed by atoms with E-state index in [1.54, 1.807) is 17.0 Å². The molecule has 2 aromatic heterocycles. The van der Waals surface area contributed by atoms with Crippen LogP contribution in [-0.4, -0.2) is 36.8 Å². The van der Waals surface area contributed by atoms with Gasteiger partial charge in [-0.15, -0.1) is 10.2 Å². The number of hydrogen-bond donors (Lipinski definition) is 2. The lowest BCUT2D eigenvalue weighted by Gasteiger charge is -2.13. The predicted molar refractivity (Wildman–Crippen MR) is 112 cm³/mol. The van der Waals surface area contributed by atoms with Gasteiger partial charge in [0.2, 0.25) is 0 Å². The molecule has 2 N–H and O–H groups in total. The van der Waals surface area contributed by atoms with E-state index >= 15 is 0 Å². The van der Waals surface area contributed by atoms with Crippen molar-refractivity contribution in [1.82, 2.24) is 30.2 Å². The molecular weight excluding hydrogens is 382 g/mol. The molecule has 0 amide bonds. The number of benzene rings is 2. The number of H-pyrrole nitrogens is 1. The average Bonchev–Trinajstić information content (AvgIpc) is 3.29. The summed E-state index contributed by atoms with van der Waals surface area (Å²) >= 11 is 0. The van der Waals surface area contributed by atoms with Crippen LogP contribution in [0.1, 0.15) is 18.3 Å². The molecule has 0 aliphatic heterocycles. The zero-order valence-corrected chi connectivity index (χ0v) is 16.4. The third kappa shape index (κ3) is 4.35. The summed E-state index contributed by atoms with van der Waals surface area (Å²) in [5, 5.41) is 17.0. The second kappa shape index (κ2) is 8.99. The Kier molecular flexibility index (Phi) is 5.79. The first-order valence-electron chi connectivity index (χ1n) is 9.62. The third-order valence-electron chi connectivity index (χ3n) is 4.52. The maximum Gasteiger partial charge on any atom is 0.298 e. The second-order valence-corrected chi connectivity index (χ2v) is 6.50. The summed E-state index contributed by atoms with van der Waals surface area (Å²) in [6.07, 6.45) is 4.72. The molecule has 0 atom stereocenters. The van der Waals surface area contributed by atoms with Crippen molar-refractivity contribution in [2.75, 3.05) is 11.9 Å². The quantitative estimate of drug-likeness (QED) is 0.465. The summed E-state index contributed by atoms with van der Waals surface area (Å²) in [6, 6.07) is 15.2. The molecule has 0 unspecified atom stereocenters. The largest absolute Gasteiger partial charge is 0.492 e. The van der Waals surface area contributed by atoms with Crippen LogP contribution in [0.5, 0.6) is 5.75 Å². The van der Waals surface area contributed by atoms with Gasteiger partial charge in [-0.2, -0.15) is 5.21 Å². The highest BCUT2D eigenvalue weighted by atomic mass is 16.5. The van der Waals surface area contributed by atoms with Crippen molar-refractivity contribution in [3.8, 4) is 11.4 Å². The molecule has 0 saturated heterocycles. The van der Waals surface area contributed by atoms with Crippen LogP contribution < -0.4 is 15.6 Å². The average molecular weight is 403 g/mol. The number of nitrogens with one attached hydrogen (secondary N) is 2. The van der Waals surface area contributed by atoms with Crippen molar-refractivity contribution in [2.45, 2.75) is 19.8 Å². The van der Waals surface area contributed by atoms with Crippen LogP contribution in [0.25, 0.3) is 5.69 Å². The Morgan fingerprint density at radius 3 is 2.70 bits per heavy atom. The monoisotopic (exact) mass is 403 g/mol. The summed E-state index contributed by atoms with van der Waals surface area (Å²) in [6.45, 7) is 2.45. The molecule has 9 nitrogen and oxygen atoms in total. The minimum Gasteiger partial charge on any atom is -0.492 e. The van der Waals surface area contributed by atoms with Gasteiger partial charge in [-0.1, -0.05) is 29.5 Å². The summed E-state index contributed by atoms with van der Waals surface area (Å²) in [5.74, 6) is 1.57. The summed E-state index contributed by atoms with van der Waals surface area (Å²) in [4.78, 5) is 17.2. The van der Waals surface area contributed by atoms with Crippen molar-refractivity contribution >= 4 is 11.5 Å². The van der Waals surface area contributed by atoms with E-state index in [0.29, 0.717) is 30.3 Å². The third-order valence-corrected chi connectivity index (χ3v) is 4.52. The van der Waals surface area contributed by atoms with Gasteiger partial charge in [0.1, 0.15) is 5.75 Å². The van der Waals surface area contributed by atoms with E-state index in [1.165, 1.54) is 0 Å². The smallest absolute Gasteiger partial charge is 0.298 e. The molecule has 2 heterocycles. The maximum atomic E-state index is 13.0. The fourth-order valence-corrected chi connectivity index (χ4v) is 3.05. The normalized spacial score (nSPS) is 10.7. The number of aromatic amines is 1. The van der Waals surface area contributed by atoms with Crippen molar-refractivity contribution < 1.29 is 4.74 Å². The zero-order chi connectivity index (χ0) is 20.8. The lowest BCUT2D eigenvalue weighted by atomic mass is 10.1. The number of tetrazole rings is 1. The minimum atomic E-state index is -0.247. The number of rotatable bonds is 8. The molecule has 4 aromatic rings. The molecule has 0 fully saturated rings. The molecule has 0 saturated carbocycles. The molecule has 0 bridgehead atoms. The highest BCUT2D eigenvalue weighted by molar-refractivity contribution is 5.63. The molecule has 2 aromatic carbocycles. The maximum absolute atomic E-state index is 13.0. The van der Waals surface area contributed by atoms with Crippen LogP contribution in [0, 0.1) is 0 Å². The first-order chi connectivity index (χ1) is 14.7. The van der Waals surface area contributed by atoms with Gasteiger partial charge >= 0.3 is 0 Å². The lowest BCUT2D eigenvalue weighted by Crippen LogP contribution is -2.22. The fourth-order valence-electron chi connectivity index (χ4n) is 3.05. The zero-order valence-electron chi connectivity index (χ0n) is 16.4. The van der Waals surface area contributed by atoms with Gasteiger partial charge in [-0.05, 0) is 43.2 Å². The molecule has 0 aliphatic rings. The van der Waals surface area contributed by atoms with Crippen LogP contribution in [0.15, 0.2) is 65.7 Å². The predicted octanol–water partition coefficient (Wildman–Crippen LogP) is 2.67. The molecule has 4 rings (SSSR count). The Labute approximate surface area is 172 Å². The highest BCUT2D eigenvalue weighted by Gasteiger charge is 2.10. The Hall–Kier alpha value is -4.01. The van der Waals surface area contributed by atoms with E-state index in [1.807, 2.05) is 55.5 Å². The van der Waals surface area contributed by atoms with Crippen molar-refractivity contribution in [3.05, 3.63) is 82.7 Å². The molecule has 0 radical (unpaired) electrons. The van der Waals surface area contributed by atoms with Gasteiger partial charge in [-0.25, -0.2) is 4.98 Å². The Bertz CT molecular complexity index is 1150. The summed E-state index contributed by atoms with van der Waals surface area (Å²) in [5.41, 5.74) is 2.32. The number of ether oxygens (including phenoxy) is 1. The minimum absolute atomic E-state index is 0.228. The van der Waals surface area contributed by atoms with Gasteiger partial charge in [-0.3, -0.25) is 9.36 Å². The first-order valence-corrected chi connectivity index (χ1v) is 9.62. The Morgan fingerprint density at radius 2 is 1.93 bits per heavy atom. The lowest BCUT2D eigenvalue weighted by molar-refractivity contribution is 0.342. The molecule has 0 aliphatic carbocycles. The van der Waals surface area contributed by atoms with E-state index in [2.05, 4.69) is 30.9 Å². The van der Waals surface area contributed by atoms with Crippen LogP contribution >= 0.6 is 0 Å². The van der Waals surface area contributed by atoms with Crippen LogP contribution in [0.3, 0.4) is 0 Å². The first kappa shape index (κ1) is 19.3. The number of anilines is 2. The standard InChI is InChI=1S/C21H21N7O2/c1-2-30-18-6-4-3-5-17(18)23-20-21(29)28(14-13-22-20)16-10-7-15(8-11-16)9-12-19-24-26-27-25-19/h3-8,10-11,13-14H,2,9,12H2,1H3,(H,22,23)(H,24,25,26,27). The van der Waals surface area contributed by atoms with Crippen molar-refractivity contribution in [2.24, 2.45) is 0 Å². The van der Waals surface area contributed by atoms with E-state index in [0.717, 1.165) is 17.7 Å². The van der Waals surface area contributed by atoms with Crippen LogP contribution in [-0.2, 0) is 12.8 Å². The van der Waals surface area contributed by atoms with Gasteiger partial charge < -0.3 is 10.1 Å². The van der Waals surface area contributed by atoms with Crippen LogP contribution in [0.2, 0.25) is 0 Å². The Morgan fingerprint density at radius 1 is 1.10 bits per heavy atom. The Balaban J connectivity index is 1.53. The van der Waals surface area contributed by atoms with E-state index < -0.39 is 0 Å². The molecule has 9 heteroatoms. The number of aryl methyl sites for hydroxylation is 2. The summed E-state index contributed by atoms with van der Waals surface area (Å²) < 4.78 is 7.17. The fraction of sp³-hybridized carbons (Fsp3) is 0.190. The molecular formula is C21H21N7O2. The molecule has 152 valence electrons. The van der Waals surface area contributed by atoms with Gasteiger partial charge in [0, 0.05) is 24.5 Å². The van der Waals surface area contributed by atoms with E-state index in [9.17, 15) is 4.79 Å². The van der Waals surface area contributed by atoms with Crippen molar-refractivity contribution in [1.29, 1.82) is 0 Å². The van der Waals surface area contributed by atoms with Crippen LogP contribution in [0.4, 0.5) is 11.5 Å². The topological polar surface area (TPSA) is 111 Å². The molecule has 0 spiro atoms. The van der Waals surface area contributed by atoms with E-state index in [4.69, 9.17) is 4.74 Å². The van der Waals surface area contributed by atoms with Crippen molar-refractivity contribution in [3.63, 3.8) is 0 Å². The molecule has 30 heavy (non-hydrogen) atoms. The second-order valence-electron chi connectivity index (χ2n) is 6.50. The summed E-state index contributed by atoms with van der Waals surface area (Å²) in [7, 11) is 0. The number of nitrogens with zero attached hydrogens (tertiary/aromatic N) is 5. The SMILES string of the molecule is CCOc1ccccc1Nc1nccn(-c2ccc(CCc3nn[nH]n3)cc2)c1=O. The van der Waals surface area contributed by atoms with Gasteiger partial charge in [0.05, 0.1) is 12.3 Å². The number of para-hydroxylation sites is 2. The van der Waals surface area contributed by atoms with Gasteiger partial charge in [0.25, 0.3) is 5.56 Å². The van der Waals surface area contributed by atoms with Gasteiger partial charge in [0.15, 0.2) is 11.6 Å². The van der Waals surface area contributed by atoms with E-state index in [-0.39, 0.29) is 11.4 Å².